The van der Waals surface area contributed by atoms with Crippen LogP contribution in [0.25, 0.3) is 5.69 Å². The lowest BCUT2D eigenvalue weighted by atomic mass is 10.1. The van der Waals surface area contributed by atoms with Crippen molar-refractivity contribution >= 4 is 11.6 Å². The maximum absolute atomic E-state index is 13.6. The van der Waals surface area contributed by atoms with Crippen LogP contribution in [-0.4, -0.2) is 15.0 Å². The molecule has 3 nitrogen and oxygen atoms in total. The fourth-order valence-electron chi connectivity index (χ4n) is 1.42. The van der Waals surface area contributed by atoms with Crippen LogP contribution in [0, 0.1) is 19.7 Å². The predicted octanol–water partition coefficient (Wildman–Crippen LogP) is 2.68. The number of nitrogens with zero attached hydrogens (tertiary/aromatic N) is 3. The Kier molecular flexibility index (Phi) is 2.44. The van der Waals surface area contributed by atoms with E-state index >= 15 is 0 Å². The lowest BCUT2D eigenvalue weighted by molar-refractivity contribution is 0.605. The summed E-state index contributed by atoms with van der Waals surface area (Å²) in [6.07, 6.45) is 1.54. The molecule has 1 aromatic carbocycles. The van der Waals surface area contributed by atoms with E-state index in [0.29, 0.717) is 16.8 Å². The Balaban J connectivity index is 2.59. The number of aromatic nitrogens is 3. The molecule has 0 amide bonds. The third kappa shape index (κ3) is 1.72. The molecule has 15 heavy (non-hydrogen) atoms. The smallest absolute Gasteiger partial charge is 0.171 e. The molecule has 1 heterocycles. The third-order valence-corrected chi connectivity index (χ3v) is 2.44. The molecule has 0 bridgehead atoms. The fourth-order valence-corrected chi connectivity index (χ4v) is 1.55. The van der Waals surface area contributed by atoms with Gasteiger partial charge in [0.05, 0.1) is 11.9 Å². The summed E-state index contributed by atoms with van der Waals surface area (Å²) in [5, 5.41) is 7.72. The first-order valence-electron chi connectivity index (χ1n) is 4.43. The molecule has 0 aliphatic rings. The lowest BCUT2D eigenvalue weighted by Crippen LogP contribution is -2.01. The second kappa shape index (κ2) is 3.62. The Morgan fingerprint density at radius 3 is 2.67 bits per heavy atom. The Morgan fingerprint density at radius 2 is 2.07 bits per heavy atom. The zero-order chi connectivity index (χ0) is 11.0. The van der Waals surface area contributed by atoms with E-state index in [4.69, 9.17) is 11.6 Å². The van der Waals surface area contributed by atoms with Gasteiger partial charge in [-0.3, -0.25) is 0 Å². The predicted molar refractivity (Wildman–Crippen MR) is 55.8 cm³/mol. The molecular weight excluding hydrogens is 217 g/mol. The molecule has 2 aromatic rings. The number of rotatable bonds is 1. The number of halogens is 2. The minimum atomic E-state index is -0.223. The van der Waals surface area contributed by atoms with E-state index in [1.165, 1.54) is 4.68 Å². The largest absolute Gasteiger partial charge is 0.219 e. The van der Waals surface area contributed by atoms with E-state index in [2.05, 4.69) is 10.3 Å². The molecule has 0 N–H and O–H groups in total. The lowest BCUT2D eigenvalue weighted by Gasteiger charge is -2.07. The van der Waals surface area contributed by atoms with Gasteiger partial charge in [0, 0.05) is 5.56 Å². The first kappa shape index (κ1) is 10.1. The minimum Gasteiger partial charge on any atom is -0.219 e. The highest BCUT2D eigenvalue weighted by atomic mass is 35.5. The fraction of sp³-hybridized carbons (Fsp3) is 0.200. The Morgan fingerprint density at radius 1 is 1.33 bits per heavy atom. The third-order valence-electron chi connectivity index (χ3n) is 2.26. The molecule has 0 fully saturated rings. The molecule has 1 aromatic heterocycles. The van der Waals surface area contributed by atoms with Crippen LogP contribution in [0.3, 0.4) is 0 Å². The number of hydrogen-bond acceptors (Lipinski definition) is 2. The zero-order valence-corrected chi connectivity index (χ0v) is 9.09. The first-order chi connectivity index (χ1) is 7.09. The molecule has 0 unspecified atom stereocenters. The normalized spacial score (nSPS) is 10.7. The first-order valence-corrected chi connectivity index (χ1v) is 4.81. The van der Waals surface area contributed by atoms with Crippen molar-refractivity contribution < 1.29 is 4.39 Å². The van der Waals surface area contributed by atoms with Gasteiger partial charge in [-0.2, -0.15) is 0 Å². The summed E-state index contributed by atoms with van der Waals surface area (Å²) in [7, 11) is 0. The van der Waals surface area contributed by atoms with Crippen LogP contribution in [0.4, 0.5) is 4.39 Å². The Bertz CT molecular complexity index is 507. The van der Waals surface area contributed by atoms with E-state index < -0.39 is 0 Å². The Labute approximate surface area is 91.5 Å². The number of hydrogen-bond donors (Lipinski definition) is 0. The highest BCUT2D eigenvalue weighted by Crippen LogP contribution is 2.19. The number of aryl methyl sites for hydroxylation is 1. The van der Waals surface area contributed by atoms with Crippen LogP contribution in [0.5, 0.6) is 0 Å². The molecule has 0 radical (unpaired) electrons. The topological polar surface area (TPSA) is 30.7 Å². The summed E-state index contributed by atoms with van der Waals surface area (Å²) in [5.74, 6) is -0.223. The number of benzene rings is 1. The molecule has 5 heteroatoms. The summed E-state index contributed by atoms with van der Waals surface area (Å²) in [4.78, 5) is 0. The zero-order valence-electron chi connectivity index (χ0n) is 8.33. The van der Waals surface area contributed by atoms with Crippen LogP contribution < -0.4 is 0 Å². The molecule has 2 rings (SSSR count). The van der Waals surface area contributed by atoms with Gasteiger partial charge in [-0.25, -0.2) is 9.07 Å². The molecule has 0 saturated carbocycles. The van der Waals surface area contributed by atoms with Crippen LogP contribution in [0.1, 0.15) is 11.1 Å². The van der Waals surface area contributed by atoms with Gasteiger partial charge >= 0.3 is 0 Å². The molecule has 0 atom stereocenters. The summed E-state index contributed by atoms with van der Waals surface area (Å²) >= 11 is 5.65. The van der Waals surface area contributed by atoms with Gasteiger partial charge in [-0.1, -0.05) is 22.9 Å². The van der Waals surface area contributed by atoms with E-state index in [1.54, 1.807) is 32.2 Å². The van der Waals surface area contributed by atoms with Crippen molar-refractivity contribution in [1.82, 2.24) is 15.0 Å². The molecule has 78 valence electrons. The van der Waals surface area contributed by atoms with E-state index in [9.17, 15) is 4.39 Å². The quantitative estimate of drug-likeness (QED) is 0.747. The van der Waals surface area contributed by atoms with Crippen LogP contribution >= 0.6 is 11.6 Å². The van der Waals surface area contributed by atoms with Crippen molar-refractivity contribution in [2.75, 3.05) is 0 Å². The van der Waals surface area contributed by atoms with Gasteiger partial charge in [0.1, 0.15) is 5.82 Å². The van der Waals surface area contributed by atoms with Gasteiger partial charge < -0.3 is 0 Å². The van der Waals surface area contributed by atoms with Gasteiger partial charge in [-0.15, -0.1) is 5.10 Å². The van der Waals surface area contributed by atoms with Crippen molar-refractivity contribution in [3.05, 3.63) is 40.4 Å². The van der Waals surface area contributed by atoms with E-state index in [0.717, 1.165) is 0 Å². The highest BCUT2D eigenvalue weighted by Gasteiger charge is 2.09. The second-order valence-corrected chi connectivity index (χ2v) is 3.71. The molecule has 0 aliphatic carbocycles. The Hall–Kier alpha value is -1.42. The highest BCUT2D eigenvalue weighted by molar-refractivity contribution is 6.29. The minimum absolute atomic E-state index is 0.223. The SMILES string of the molecule is Cc1ccc(-n2cc(Cl)nn2)c(C)c1F. The molecule has 0 aliphatic heterocycles. The van der Waals surface area contributed by atoms with Gasteiger partial charge in [0.15, 0.2) is 5.15 Å². The van der Waals surface area contributed by atoms with Crippen molar-refractivity contribution in [3.63, 3.8) is 0 Å². The van der Waals surface area contributed by atoms with Crippen LogP contribution in [-0.2, 0) is 0 Å². The maximum Gasteiger partial charge on any atom is 0.171 e. The molecular formula is C10H9ClFN3. The second-order valence-electron chi connectivity index (χ2n) is 3.33. The van der Waals surface area contributed by atoms with Crippen molar-refractivity contribution in [1.29, 1.82) is 0 Å². The monoisotopic (exact) mass is 225 g/mol. The standard InChI is InChI=1S/C10H9ClFN3/c1-6-3-4-8(7(2)10(6)12)15-5-9(11)13-14-15/h3-5H,1-2H3. The maximum atomic E-state index is 13.6. The van der Waals surface area contributed by atoms with E-state index in [-0.39, 0.29) is 11.0 Å². The van der Waals surface area contributed by atoms with Gasteiger partial charge in [0.25, 0.3) is 0 Å². The summed E-state index contributed by atoms with van der Waals surface area (Å²) in [6.45, 7) is 3.42. The van der Waals surface area contributed by atoms with Gasteiger partial charge in [0.2, 0.25) is 0 Å². The van der Waals surface area contributed by atoms with E-state index in [1.807, 2.05) is 0 Å². The average molecular weight is 226 g/mol. The summed E-state index contributed by atoms with van der Waals surface area (Å²) < 4.78 is 15.0. The average Bonchev–Trinajstić information content (AvgIpc) is 2.61. The van der Waals surface area contributed by atoms with Crippen molar-refractivity contribution in [2.24, 2.45) is 0 Å². The summed E-state index contributed by atoms with van der Waals surface area (Å²) in [5.41, 5.74) is 1.80. The van der Waals surface area contributed by atoms with Crippen LogP contribution in [0.15, 0.2) is 18.3 Å². The molecule has 0 spiro atoms. The van der Waals surface area contributed by atoms with Crippen molar-refractivity contribution in [2.45, 2.75) is 13.8 Å². The van der Waals surface area contributed by atoms with Crippen LogP contribution in [0.2, 0.25) is 5.15 Å². The van der Waals surface area contributed by atoms with Crippen molar-refractivity contribution in [3.8, 4) is 5.69 Å². The summed E-state index contributed by atoms with van der Waals surface area (Å²) in [6, 6.07) is 3.49. The molecule has 0 saturated heterocycles. The van der Waals surface area contributed by atoms with Gasteiger partial charge in [-0.05, 0) is 25.5 Å².